The van der Waals surface area contributed by atoms with Crippen molar-refractivity contribution in [1.82, 2.24) is 0 Å². The summed E-state index contributed by atoms with van der Waals surface area (Å²) in [6.07, 6.45) is -3.96. The lowest BCUT2D eigenvalue weighted by Gasteiger charge is -2.42. The van der Waals surface area contributed by atoms with Gasteiger partial charge < -0.3 is 18.9 Å². The summed E-state index contributed by atoms with van der Waals surface area (Å²) < 4.78 is 23.2. The molecule has 0 radical (unpaired) electrons. The van der Waals surface area contributed by atoms with Gasteiger partial charge in [-0.3, -0.25) is 0 Å². The van der Waals surface area contributed by atoms with Gasteiger partial charge in [0.15, 0.2) is 23.3 Å². The normalized spacial score (nSPS) is 23.7. The van der Waals surface area contributed by atoms with Crippen LogP contribution in [0.1, 0.15) is 38.0 Å². The third kappa shape index (κ3) is 5.96. The van der Waals surface area contributed by atoms with Crippen molar-refractivity contribution in [3.63, 3.8) is 0 Å². The molecule has 1 fully saturated rings. The first-order valence-electron chi connectivity index (χ1n) is 11.0. The number of alkyl halides is 1. The second kappa shape index (κ2) is 11.3. The van der Waals surface area contributed by atoms with Gasteiger partial charge in [0, 0.05) is 0 Å². The lowest BCUT2D eigenvalue weighted by Crippen LogP contribution is -2.59. The van der Waals surface area contributed by atoms with Crippen LogP contribution in [0.3, 0.4) is 0 Å². The Bertz CT molecular complexity index is 1090. The molecule has 0 aliphatic carbocycles. The maximum absolute atomic E-state index is 13.0. The molecule has 35 heavy (non-hydrogen) atoms. The highest BCUT2D eigenvalue weighted by Gasteiger charge is 2.50. The Balaban J connectivity index is 1.63. The van der Waals surface area contributed by atoms with Crippen LogP contribution in [-0.4, -0.2) is 47.3 Å². The molecule has 0 saturated carbocycles. The maximum atomic E-state index is 13.0. The molecule has 0 N–H and O–H groups in total. The van der Waals surface area contributed by atoms with E-state index in [0.29, 0.717) is 16.7 Å². The third-order valence-corrected chi connectivity index (χ3v) is 6.21. The van der Waals surface area contributed by atoms with E-state index in [2.05, 4.69) is 15.9 Å². The summed E-state index contributed by atoms with van der Waals surface area (Å²) in [5, 5.41) is -0.814. The highest BCUT2D eigenvalue weighted by molar-refractivity contribution is 9.09. The van der Waals surface area contributed by atoms with Gasteiger partial charge in [0.25, 0.3) is 0 Å². The highest BCUT2D eigenvalue weighted by atomic mass is 79.9. The fourth-order valence-corrected chi connectivity index (χ4v) is 4.43. The number of ether oxygens (including phenoxy) is 4. The van der Waals surface area contributed by atoms with E-state index < -0.39 is 47.3 Å². The average molecular weight is 539 g/mol. The van der Waals surface area contributed by atoms with Gasteiger partial charge in [-0.05, 0) is 43.3 Å². The molecule has 0 aromatic heterocycles. The standard InChI is InChI=1S/C27H23BrO7/c1-17-21(33-25(29)18-11-5-2-6-12-18)22(34-26(30)19-13-7-3-8-14-19)23(24(28)32-17)35-27(31)20-15-9-4-10-16-20/h2-17,21-24H,1H3/t17?,21-,22?,23?,24-/m1/s1. The lowest BCUT2D eigenvalue weighted by molar-refractivity contribution is -0.193. The van der Waals surface area contributed by atoms with Gasteiger partial charge in [-0.15, -0.1) is 0 Å². The largest absolute Gasteiger partial charge is 0.452 e. The summed E-state index contributed by atoms with van der Waals surface area (Å²) in [5.74, 6) is -1.90. The van der Waals surface area contributed by atoms with Crippen molar-refractivity contribution in [2.45, 2.75) is 36.4 Å². The van der Waals surface area contributed by atoms with Crippen LogP contribution in [0.25, 0.3) is 0 Å². The maximum Gasteiger partial charge on any atom is 0.338 e. The molecule has 0 spiro atoms. The van der Waals surface area contributed by atoms with Crippen molar-refractivity contribution in [2.75, 3.05) is 0 Å². The highest BCUT2D eigenvalue weighted by Crippen LogP contribution is 2.32. The number of hydrogen-bond acceptors (Lipinski definition) is 7. The van der Waals surface area contributed by atoms with Gasteiger partial charge in [0.1, 0.15) is 0 Å². The van der Waals surface area contributed by atoms with E-state index in [1.54, 1.807) is 97.9 Å². The molecule has 3 aromatic carbocycles. The summed E-state index contributed by atoms with van der Waals surface area (Å²) in [5.41, 5.74) is 0.947. The Morgan fingerprint density at radius 1 is 0.600 bits per heavy atom. The van der Waals surface area contributed by atoms with E-state index in [0.717, 1.165) is 0 Å². The fraction of sp³-hybridized carbons (Fsp3) is 0.222. The zero-order valence-electron chi connectivity index (χ0n) is 18.8. The first kappa shape index (κ1) is 24.6. The van der Waals surface area contributed by atoms with Gasteiger partial charge in [-0.1, -0.05) is 70.5 Å². The third-order valence-electron chi connectivity index (χ3n) is 5.47. The summed E-state index contributed by atoms with van der Waals surface area (Å²) in [7, 11) is 0. The number of hydrogen-bond donors (Lipinski definition) is 0. The van der Waals surface area contributed by atoms with Crippen molar-refractivity contribution in [3.05, 3.63) is 108 Å². The average Bonchev–Trinajstić information content (AvgIpc) is 2.89. The quantitative estimate of drug-likeness (QED) is 0.253. The predicted molar refractivity (Wildman–Crippen MR) is 130 cm³/mol. The minimum atomic E-state index is -1.14. The monoisotopic (exact) mass is 538 g/mol. The van der Waals surface area contributed by atoms with E-state index in [-0.39, 0.29) is 0 Å². The molecule has 1 aliphatic heterocycles. The number of benzene rings is 3. The molecular weight excluding hydrogens is 516 g/mol. The molecule has 3 unspecified atom stereocenters. The second-order valence-electron chi connectivity index (χ2n) is 7.90. The molecule has 5 atom stereocenters. The van der Waals surface area contributed by atoms with Gasteiger partial charge in [0.2, 0.25) is 0 Å². The molecule has 3 aromatic rings. The number of halogens is 1. The van der Waals surface area contributed by atoms with E-state index in [1.807, 2.05) is 0 Å². The molecular formula is C27H23BrO7. The van der Waals surface area contributed by atoms with Gasteiger partial charge >= 0.3 is 17.9 Å². The molecule has 7 nitrogen and oxygen atoms in total. The van der Waals surface area contributed by atoms with E-state index in [4.69, 9.17) is 18.9 Å². The van der Waals surface area contributed by atoms with Crippen LogP contribution in [-0.2, 0) is 18.9 Å². The SMILES string of the molecule is CC1O[C@@H](Br)C(OC(=O)c2ccccc2)C(OC(=O)c2ccccc2)[C@@H]1OC(=O)c1ccccc1. The summed E-state index contributed by atoms with van der Waals surface area (Å²) in [4.78, 5) is 38.7. The van der Waals surface area contributed by atoms with Crippen LogP contribution in [0.2, 0.25) is 0 Å². The smallest absolute Gasteiger partial charge is 0.338 e. The lowest BCUT2D eigenvalue weighted by atomic mass is 9.99. The van der Waals surface area contributed by atoms with Gasteiger partial charge in [-0.2, -0.15) is 0 Å². The van der Waals surface area contributed by atoms with E-state index in [9.17, 15) is 14.4 Å². The Morgan fingerprint density at radius 3 is 1.34 bits per heavy atom. The van der Waals surface area contributed by atoms with Crippen molar-refractivity contribution in [2.24, 2.45) is 0 Å². The molecule has 1 saturated heterocycles. The van der Waals surface area contributed by atoms with Crippen LogP contribution >= 0.6 is 15.9 Å². The van der Waals surface area contributed by atoms with Crippen LogP contribution in [0.4, 0.5) is 0 Å². The minimum Gasteiger partial charge on any atom is -0.452 e. The molecule has 0 amide bonds. The van der Waals surface area contributed by atoms with Crippen molar-refractivity contribution >= 4 is 33.8 Å². The topological polar surface area (TPSA) is 88.1 Å². The predicted octanol–water partition coefficient (Wildman–Crippen LogP) is 4.80. The Labute approximate surface area is 211 Å². The Hall–Kier alpha value is -3.49. The molecule has 8 heteroatoms. The first-order chi connectivity index (χ1) is 16.9. The second-order valence-corrected chi connectivity index (χ2v) is 8.80. The first-order valence-corrected chi connectivity index (χ1v) is 11.9. The number of carbonyl (C=O) groups is 3. The van der Waals surface area contributed by atoms with Crippen LogP contribution in [0, 0.1) is 0 Å². The number of esters is 3. The zero-order chi connectivity index (χ0) is 24.8. The molecule has 0 bridgehead atoms. The minimum absolute atomic E-state index is 0.305. The summed E-state index contributed by atoms with van der Waals surface area (Å²) >= 11 is 3.39. The van der Waals surface area contributed by atoms with Crippen LogP contribution in [0.5, 0.6) is 0 Å². The molecule has 4 rings (SSSR count). The van der Waals surface area contributed by atoms with Crippen LogP contribution < -0.4 is 0 Å². The van der Waals surface area contributed by atoms with Crippen molar-refractivity contribution in [1.29, 1.82) is 0 Å². The number of rotatable bonds is 6. The van der Waals surface area contributed by atoms with E-state index in [1.165, 1.54) is 0 Å². The van der Waals surface area contributed by atoms with Crippen molar-refractivity contribution in [3.8, 4) is 0 Å². The van der Waals surface area contributed by atoms with Crippen molar-refractivity contribution < 1.29 is 33.3 Å². The van der Waals surface area contributed by atoms with E-state index >= 15 is 0 Å². The fourth-order valence-electron chi connectivity index (χ4n) is 3.68. The van der Waals surface area contributed by atoms with Crippen LogP contribution in [0.15, 0.2) is 91.0 Å². The van der Waals surface area contributed by atoms with Gasteiger partial charge in [-0.25, -0.2) is 14.4 Å². The Morgan fingerprint density at radius 2 is 0.943 bits per heavy atom. The molecule has 180 valence electrons. The Kier molecular flexibility index (Phi) is 7.94. The number of carbonyl (C=O) groups excluding carboxylic acids is 3. The zero-order valence-corrected chi connectivity index (χ0v) is 20.4. The summed E-state index contributed by atoms with van der Waals surface area (Å²) in [6, 6.07) is 25.2. The summed E-state index contributed by atoms with van der Waals surface area (Å²) in [6.45, 7) is 1.69. The molecule has 1 heterocycles. The molecule has 1 aliphatic rings. The van der Waals surface area contributed by atoms with Gasteiger partial charge in [0.05, 0.1) is 22.8 Å².